The molecule has 8 heteroatoms. The van der Waals surface area contributed by atoms with Gasteiger partial charge in [-0.05, 0) is 37.6 Å². The van der Waals surface area contributed by atoms with Gasteiger partial charge in [0, 0.05) is 28.9 Å². The van der Waals surface area contributed by atoms with Crippen molar-refractivity contribution in [3.63, 3.8) is 0 Å². The van der Waals surface area contributed by atoms with Gasteiger partial charge in [0.1, 0.15) is 30.6 Å². The molecule has 0 bridgehead atoms. The Kier molecular flexibility index (Phi) is 4.38. The summed E-state index contributed by atoms with van der Waals surface area (Å²) >= 11 is 0. The van der Waals surface area contributed by atoms with E-state index in [-0.39, 0.29) is 33.5 Å². The maximum atomic E-state index is 14.1. The first-order chi connectivity index (χ1) is 12.0. The Morgan fingerprint density at radius 1 is 1.31 bits per heavy atom. The molecule has 0 radical (unpaired) electrons. The van der Waals surface area contributed by atoms with Crippen LogP contribution in [0.25, 0.3) is 0 Å². The fourth-order valence-corrected chi connectivity index (χ4v) is 4.31. The Morgan fingerprint density at radius 2 is 2.00 bits per heavy atom. The van der Waals surface area contributed by atoms with Gasteiger partial charge in [-0.2, -0.15) is 5.26 Å². The fraction of sp³-hybridized carbons (Fsp3) is 0.278. The average Bonchev–Trinajstić information content (AvgIpc) is 2.77. The number of halogens is 3. The number of aliphatic hydroxyl groups is 1. The van der Waals surface area contributed by atoms with Crippen LogP contribution in [0.1, 0.15) is 22.8 Å². The van der Waals surface area contributed by atoms with E-state index in [2.05, 4.69) is 0 Å². The van der Waals surface area contributed by atoms with Gasteiger partial charge in [0.15, 0.2) is 0 Å². The van der Waals surface area contributed by atoms with Crippen LogP contribution in [0.2, 0.25) is 0 Å². The fourth-order valence-electron chi connectivity index (χ4n) is 3.04. The predicted octanol–water partition coefficient (Wildman–Crippen LogP) is 3.96. The SMILES string of the molecule is CP(C)(=O)c1ccc(Oc2cc(F)cc(C#N)c2)c2c1[C@H](O)C(F)(F)C2. The van der Waals surface area contributed by atoms with Crippen LogP contribution in [0.15, 0.2) is 30.3 Å². The lowest BCUT2D eigenvalue weighted by Crippen LogP contribution is -2.24. The van der Waals surface area contributed by atoms with Gasteiger partial charge >= 0.3 is 0 Å². The van der Waals surface area contributed by atoms with E-state index in [0.29, 0.717) is 0 Å². The molecule has 1 atom stereocenters. The number of nitriles is 1. The highest BCUT2D eigenvalue weighted by Crippen LogP contribution is 2.50. The number of ether oxygens (including phenoxy) is 1. The minimum Gasteiger partial charge on any atom is -0.457 e. The summed E-state index contributed by atoms with van der Waals surface area (Å²) in [6, 6.07) is 7.85. The number of aliphatic hydroxyl groups excluding tert-OH is 1. The Labute approximate surface area is 148 Å². The Hall–Kier alpha value is -2.29. The molecule has 136 valence electrons. The van der Waals surface area contributed by atoms with Crippen LogP contribution in [0, 0.1) is 17.1 Å². The number of fused-ring (bicyclic) bond motifs is 1. The van der Waals surface area contributed by atoms with Crippen LogP contribution in [0.4, 0.5) is 13.2 Å². The molecule has 0 fully saturated rings. The molecule has 3 rings (SSSR count). The van der Waals surface area contributed by atoms with E-state index in [9.17, 15) is 22.8 Å². The highest BCUT2D eigenvalue weighted by Gasteiger charge is 2.50. The lowest BCUT2D eigenvalue weighted by Gasteiger charge is -2.18. The van der Waals surface area contributed by atoms with Gasteiger partial charge in [0.05, 0.1) is 11.6 Å². The summed E-state index contributed by atoms with van der Waals surface area (Å²) in [5.74, 6) is -4.16. The quantitative estimate of drug-likeness (QED) is 0.817. The second kappa shape index (κ2) is 6.15. The molecular weight excluding hydrogens is 366 g/mol. The van der Waals surface area contributed by atoms with E-state index in [1.807, 2.05) is 0 Å². The number of hydrogen-bond donors (Lipinski definition) is 1. The van der Waals surface area contributed by atoms with Crippen molar-refractivity contribution in [1.82, 2.24) is 0 Å². The molecule has 2 aromatic carbocycles. The molecule has 2 aromatic rings. The lowest BCUT2D eigenvalue weighted by molar-refractivity contribution is -0.0965. The molecule has 0 aromatic heterocycles. The Bertz CT molecular complexity index is 978. The average molecular weight is 381 g/mol. The maximum absolute atomic E-state index is 14.1. The molecular formula is C18H15F3NO3P. The van der Waals surface area contributed by atoms with Crippen molar-refractivity contribution < 1.29 is 27.6 Å². The van der Waals surface area contributed by atoms with E-state index in [0.717, 1.165) is 12.1 Å². The zero-order valence-corrected chi connectivity index (χ0v) is 14.9. The number of rotatable bonds is 3. The highest BCUT2D eigenvalue weighted by molar-refractivity contribution is 7.70. The van der Waals surface area contributed by atoms with Crippen LogP contribution >= 0.6 is 7.14 Å². The molecule has 1 N–H and O–H groups in total. The smallest absolute Gasteiger partial charge is 0.281 e. The van der Waals surface area contributed by atoms with E-state index in [1.165, 1.54) is 31.5 Å². The minimum absolute atomic E-state index is 0.00270. The molecule has 1 aliphatic rings. The third kappa shape index (κ3) is 3.23. The van der Waals surface area contributed by atoms with Gasteiger partial charge in [-0.1, -0.05) is 0 Å². The van der Waals surface area contributed by atoms with E-state index in [1.54, 1.807) is 6.07 Å². The van der Waals surface area contributed by atoms with Gasteiger partial charge in [-0.15, -0.1) is 0 Å². The van der Waals surface area contributed by atoms with Crippen molar-refractivity contribution in [3.8, 4) is 17.6 Å². The number of nitrogens with zero attached hydrogens (tertiary/aromatic N) is 1. The summed E-state index contributed by atoms with van der Waals surface area (Å²) in [5, 5.41) is 19.1. The van der Waals surface area contributed by atoms with Gasteiger partial charge < -0.3 is 14.4 Å². The van der Waals surface area contributed by atoms with Crippen LogP contribution in [-0.2, 0) is 11.0 Å². The van der Waals surface area contributed by atoms with Crippen molar-refractivity contribution in [3.05, 3.63) is 52.8 Å². The summed E-state index contributed by atoms with van der Waals surface area (Å²) in [5.41, 5.74) is -0.0466. The number of benzene rings is 2. The predicted molar refractivity (Wildman–Crippen MR) is 90.3 cm³/mol. The van der Waals surface area contributed by atoms with E-state index < -0.39 is 31.4 Å². The van der Waals surface area contributed by atoms with Crippen LogP contribution < -0.4 is 10.0 Å². The molecule has 26 heavy (non-hydrogen) atoms. The number of alkyl halides is 2. The Balaban J connectivity index is 2.13. The third-order valence-electron chi connectivity index (χ3n) is 4.19. The minimum atomic E-state index is -3.43. The van der Waals surface area contributed by atoms with Crippen LogP contribution in [0.5, 0.6) is 11.5 Å². The normalized spacial score (nSPS) is 18.3. The zero-order valence-electron chi connectivity index (χ0n) is 14.0. The highest BCUT2D eigenvalue weighted by atomic mass is 31.2. The molecule has 0 aliphatic heterocycles. The van der Waals surface area contributed by atoms with E-state index >= 15 is 0 Å². The Morgan fingerprint density at radius 3 is 2.62 bits per heavy atom. The van der Waals surface area contributed by atoms with Crippen LogP contribution in [0.3, 0.4) is 0 Å². The summed E-state index contributed by atoms with van der Waals surface area (Å²) in [6.45, 7) is 2.86. The van der Waals surface area contributed by atoms with Gasteiger partial charge in [0.2, 0.25) is 0 Å². The third-order valence-corrected chi connectivity index (χ3v) is 5.74. The largest absolute Gasteiger partial charge is 0.457 e. The first-order valence-corrected chi connectivity index (χ1v) is 10.3. The second-order valence-electron chi connectivity index (χ2n) is 6.56. The molecule has 4 nitrogen and oxygen atoms in total. The lowest BCUT2D eigenvalue weighted by atomic mass is 10.1. The summed E-state index contributed by atoms with van der Waals surface area (Å²) in [6.07, 6.45) is -2.88. The summed E-state index contributed by atoms with van der Waals surface area (Å²) in [4.78, 5) is 0. The second-order valence-corrected chi connectivity index (χ2v) is 9.74. The topological polar surface area (TPSA) is 70.3 Å². The molecule has 0 spiro atoms. The first-order valence-electron chi connectivity index (χ1n) is 7.68. The molecule has 0 amide bonds. The molecule has 1 aliphatic carbocycles. The van der Waals surface area contributed by atoms with Crippen molar-refractivity contribution >= 4 is 12.4 Å². The first kappa shape index (κ1) is 18.5. The van der Waals surface area contributed by atoms with Gasteiger partial charge in [0.25, 0.3) is 5.92 Å². The molecule has 0 unspecified atom stereocenters. The maximum Gasteiger partial charge on any atom is 0.281 e. The number of hydrogen-bond acceptors (Lipinski definition) is 4. The van der Waals surface area contributed by atoms with Crippen molar-refractivity contribution in [1.29, 1.82) is 5.26 Å². The molecule has 0 saturated carbocycles. The van der Waals surface area contributed by atoms with Gasteiger partial charge in [-0.25, -0.2) is 13.2 Å². The molecule has 0 saturated heterocycles. The zero-order chi connectivity index (χ0) is 19.3. The van der Waals surface area contributed by atoms with E-state index in [4.69, 9.17) is 10.00 Å². The van der Waals surface area contributed by atoms with Crippen molar-refractivity contribution in [2.24, 2.45) is 0 Å². The molecule has 0 heterocycles. The monoisotopic (exact) mass is 381 g/mol. The van der Waals surface area contributed by atoms with Crippen LogP contribution in [-0.4, -0.2) is 24.4 Å². The van der Waals surface area contributed by atoms with Gasteiger partial charge in [-0.3, -0.25) is 0 Å². The summed E-state index contributed by atoms with van der Waals surface area (Å²) < 4.78 is 59.7. The van der Waals surface area contributed by atoms with Crippen molar-refractivity contribution in [2.75, 3.05) is 13.3 Å². The standard InChI is InChI=1S/C18H15F3NO3P/c1-26(2,24)15-4-3-14(13-8-18(20,21)17(23)16(13)15)25-12-6-10(9-22)5-11(19)7-12/h3-7,17,23H,8H2,1-2H3/t17-/m0/s1. The van der Waals surface area contributed by atoms with Crippen molar-refractivity contribution in [2.45, 2.75) is 18.4 Å². The summed E-state index contributed by atoms with van der Waals surface area (Å²) in [7, 11) is -2.93.